The van der Waals surface area contributed by atoms with Crippen molar-refractivity contribution in [3.05, 3.63) is 35.9 Å². The fourth-order valence-corrected chi connectivity index (χ4v) is 2.86. The highest BCUT2D eigenvalue weighted by molar-refractivity contribution is 7.81. The molecule has 1 heterocycles. The van der Waals surface area contributed by atoms with Crippen LogP contribution in [0.3, 0.4) is 0 Å². The molecule has 1 amide bonds. The molecule has 1 atom stereocenters. The summed E-state index contributed by atoms with van der Waals surface area (Å²) >= 11 is 4.43. The van der Waals surface area contributed by atoms with Crippen molar-refractivity contribution in [2.75, 3.05) is 26.7 Å². The third-order valence-electron chi connectivity index (χ3n) is 3.98. The highest BCUT2D eigenvalue weighted by atomic mass is 32.1. The van der Waals surface area contributed by atoms with E-state index in [9.17, 15) is 4.79 Å². The molecule has 0 saturated carbocycles. The molecule has 0 spiro atoms. The molecule has 1 aromatic rings. The third kappa shape index (κ3) is 4.84. The van der Waals surface area contributed by atoms with Crippen LogP contribution in [-0.2, 0) is 11.2 Å². The molecule has 1 N–H and O–H groups in total. The Kier molecular flexibility index (Phi) is 5.92. The Hall–Kier alpha value is -1.00. The van der Waals surface area contributed by atoms with E-state index in [4.69, 9.17) is 0 Å². The summed E-state index contributed by atoms with van der Waals surface area (Å²) in [6.45, 7) is 3.06. The first-order chi connectivity index (χ1) is 9.65. The summed E-state index contributed by atoms with van der Waals surface area (Å²) < 4.78 is 0. The Morgan fingerprint density at radius 2 is 2.00 bits per heavy atom. The van der Waals surface area contributed by atoms with E-state index in [1.807, 2.05) is 30.3 Å². The average Bonchev–Trinajstić information content (AvgIpc) is 2.47. The van der Waals surface area contributed by atoms with Crippen molar-refractivity contribution in [2.24, 2.45) is 5.92 Å². The molecule has 20 heavy (non-hydrogen) atoms. The van der Waals surface area contributed by atoms with Gasteiger partial charge in [0.25, 0.3) is 0 Å². The van der Waals surface area contributed by atoms with Gasteiger partial charge in [0.2, 0.25) is 5.91 Å². The summed E-state index contributed by atoms with van der Waals surface area (Å²) in [6, 6.07) is 10.0. The van der Waals surface area contributed by atoms with Crippen molar-refractivity contribution < 1.29 is 4.79 Å². The number of thiol groups is 1. The number of nitrogens with zero attached hydrogens (tertiary/aromatic N) is 1. The van der Waals surface area contributed by atoms with Gasteiger partial charge in [-0.2, -0.15) is 12.6 Å². The van der Waals surface area contributed by atoms with Gasteiger partial charge in [0.15, 0.2) is 0 Å². The Labute approximate surface area is 127 Å². The zero-order chi connectivity index (χ0) is 14.4. The van der Waals surface area contributed by atoms with Crippen molar-refractivity contribution in [3.63, 3.8) is 0 Å². The Balaban J connectivity index is 1.71. The first-order valence-corrected chi connectivity index (χ1v) is 7.85. The van der Waals surface area contributed by atoms with Crippen LogP contribution in [0, 0.1) is 5.92 Å². The molecular formula is C16H24N2OS. The van der Waals surface area contributed by atoms with Gasteiger partial charge < -0.3 is 10.2 Å². The molecule has 1 aliphatic heterocycles. The molecular weight excluding hydrogens is 268 g/mol. The van der Waals surface area contributed by atoms with Crippen LogP contribution in [0.1, 0.15) is 18.4 Å². The number of carbonyl (C=O) groups is 1. The van der Waals surface area contributed by atoms with E-state index < -0.39 is 0 Å². The number of hydrogen-bond donors (Lipinski definition) is 2. The largest absolute Gasteiger partial charge is 0.355 e. The lowest BCUT2D eigenvalue weighted by atomic mass is 9.97. The van der Waals surface area contributed by atoms with E-state index in [0.717, 1.165) is 25.2 Å². The van der Waals surface area contributed by atoms with Crippen molar-refractivity contribution >= 4 is 18.5 Å². The number of likely N-dealkylation sites (tertiary alicyclic amines) is 1. The molecule has 3 nitrogen and oxygen atoms in total. The smallest absolute Gasteiger partial charge is 0.233 e. The van der Waals surface area contributed by atoms with Gasteiger partial charge >= 0.3 is 0 Å². The van der Waals surface area contributed by atoms with E-state index in [0.29, 0.717) is 12.3 Å². The highest BCUT2D eigenvalue weighted by Gasteiger charge is 2.19. The number of rotatable bonds is 5. The molecule has 1 aliphatic rings. The highest BCUT2D eigenvalue weighted by Crippen LogP contribution is 2.15. The Bertz CT molecular complexity index is 416. The van der Waals surface area contributed by atoms with Crippen molar-refractivity contribution in [1.29, 1.82) is 0 Å². The van der Waals surface area contributed by atoms with Crippen LogP contribution in [-0.4, -0.2) is 42.7 Å². The zero-order valence-electron chi connectivity index (χ0n) is 12.1. The minimum absolute atomic E-state index is 0.0520. The van der Waals surface area contributed by atoms with E-state index in [1.165, 1.54) is 12.8 Å². The fraction of sp³-hybridized carbons (Fsp3) is 0.562. The second kappa shape index (κ2) is 7.70. The summed E-state index contributed by atoms with van der Waals surface area (Å²) in [4.78, 5) is 14.4. The molecule has 2 rings (SSSR count). The van der Waals surface area contributed by atoms with Crippen LogP contribution in [0.4, 0.5) is 0 Å². The molecule has 4 heteroatoms. The topological polar surface area (TPSA) is 32.3 Å². The van der Waals surface area contributed by atoms with Crippen molar-refractivity contribution in [3.8, 4) is 0 Å². The maximum absolute atomic E-state index is 12.1. The number of nitrogens with one attached hydrogen (secondary N) is 1. The predicted molar refractivity (Wildman–Crippen MR) is 86.2 cm³/mol. The molecule has 0 bridgehead atoms. The Morgan fingerprint density at radius 3 is 2.65 bits per heavy atom. The molecule has 110 valence electrons. The lowest BCUT2D eigenvalue weighted by Gasteiger charge is -2.29. The van der Waals surface area contributed by atoms with Crippen LogP contribution < -0.4 is 5.32 Å². The lowest BCUT2D eigenvalue weighted by Crippen LogP contribution is -2.39. The molecule has 0 radical (unpaired) electrons. The molecule has 1 saturated heterocycles. The number of carbonyl (C=O) groups excluding carboxylic acids is 1. The van der Waals surface area contributed by atoms with E-state index in [2.05, 4.69) is 29.9 Å². The monoisotopic (exact) mass is 292 g/mol. The van der Waals surface area contributed by atoms with Gasteiger partial charge in [-0.05, 0) is 50.9 Å². The average molecular weight is 292 g/mol. The van der Waals surface area contributed by atoms with Gasteiger partial charge in [-0.3, -0.25) is 4.79 Å². The SMILES string of the molecule is CN1CCC(CNC(=O)C(S)Cc2ccccc2)CC1. The van der Waals surface area contributed by atoms with Crippen LogP contribution in [0.15, 0.2) is 30.3 Å². The van der Waals surface area contributed by atoms with Gasteiger partial charge in [0.05, 0.1) is 5.25 Å². The van der Waals surface area contributed by atoms with Gasteiger partial charge in [-0.1, -0.05) is 30.3 Å². The third-order valence-corrected chi connectivity index (χ3v) is 4.39. The second-order valence-corrected chi connectivity index (χ2v) is 6.32. The molecule has 0 aliphatic carbocycles. The number of hydrogen-bond acceptors (Lipinski definition) is 3. The zero-order valence-corrected chi connectivity index (χ0v) is 13.0. The van der Waals surface area contributed by atoms with Gasteiger partial charge in [0.1, 0.15) is 0 Å². The minimum Gasteiger partial charge on any atom is -0.355 e. The maximum atomic E-state index is 12.1. The van der Waals surface area contributed by atoms with Crippen LogP contribution >= 0.6 is 12.6 Å². The molecule has 1 aromatic carbocycles. The number of piperidine rings is 1. The van der Waals surface area contributed by atoms with Gasteiger partial charge in [0, 0.05) is 6.54 Å². The summed E-state index contributed by atoms with van der Waals surface area (Å²) in [5, 5.41) is 2.79. The standard InChI is InChI=1S/C16H24N2OS/c1-18-9-7-14(8-10-18)12-17-16(19)15(20)11-13-5-3-2-4-6-13/h2-6,14-15,20H,7-12H2,1H3,(H,17,19). The Morgan fingerprint density at radius 1 is 1.35 bits per heavy atom. The molecule has 1 unspecified atom stereocenters. The first kappa shape index (κ1) is 15.4. The van der Waals surface area contributed by atoms with E-state index in [1.54, 1.807) is 0 Å². The predicted octanol–water partition coefficient (Wildman–Crippen LogP) is 1.99. The first-order valence-electron chi connectivity index (χ1n) is 7.33. The molecule has 1 fully saturated rings. The quantitative estimate of drug-likeness (QED) is 0.814. The number of amides is 1. The van der Waals surface area contributed by atoms with Crippen molar-refractivity contribution in [2.45, 2.75) is 24.5 Å². The maximum Gasteiger partial charge on any atom is 0.233 e. The van der Waals surface area contributed by atoms with Crippen LogP contribution in [0.25, 0.3) is 0 Å². The van der Waals surface area contributed by atoms with Crippen LogP contribution in [0.2, 0.25) is 0 Å². The normalized spacial score (nSPS) is 18.7. The minimum atomic E-state index is -0.260. The second-order valence-electron chi connectivity index (χ2n) is 5.70. The van der Waals surface area contributed by atoms with Crippen molar-refractivity contribution in [1.82, 2.24) is 10.2 Å². The van der Waals surface area contributed by atoms with Gasteiger partial charge in [-0.15, -0.1) is 0 Å². The summed E-state index contributed by atoms with van der Waals surface area (Å²) in [5.74, 6) is 0.670. The summed E-state index contributed by atoms with van der Waals surface area (Å²) in [5.41, 5.74) is 1.15. The lowest BCUT2D eigenvalue weighted by molar-refractivity contribution is -0.120. The number of benzene rings is 1. The summed E-state index contributed by atoms with van der Waals surface area (Å²) in [6.07, 6.45) is 3.03. The molecule has 0 aromatic heterocycles. The summed E-state index contributed by atoms with van der Waals surface area (Å²) in [7, 11) is 2.15. The van der Waals surface area contributed by atoms with E-state index >= 15 is 0 Å². The van der Waals surface area contributed by atoms with Gasteiger partial charge in [-0.25, -0.2) is 0 Å². The van der Waals surface area contributed by atoms with E-state index in [-0.39, 0.29) is 11.2 Å². The van der Waals surface area contributed by atoms with Crippen LogP contribution in [0.5, 0.6) is 0 Å². The fourth-order valence-electron chi connectivity index (χ4n) is 2.56.